The Morgan fingerprint density at radius 1 is 1.52 bits per heavy atom. The zero-order valence-electron chi connectivity index (χ0n) is 15.8. The molecule has 2 saturated heterocycles. The van der Waals surface area contributed by atoms with E-state index >= 15 is 0 Å². The summed E-state index contributed by atoms with van der Waals surface area (Å²) in [6.07, 6.45) is 4.37. The van der Waals surface area contributed by atoms with Gasteiger partial charge in [0.2, 0.25) is 11.8 Å². The molecule has 4 atom stereocenters. The van der Waals surface area contributed by atoms with Crippen LogP contribution in [0.25, 0.3) is 0 Å². The van der Waals surface area contributed by atoms with E-state index in [-0.39, 0.29) is 24.0 Å². The predicted molar refractivity (Wildman–Crippen MR) is 96.0 cm³/mol. The van der Waals surface area contributed by atoms with Crippen LogP contribution in [0.15, 0.2) is 22.7 Å². The van der Waals surface area contributed by atoms with Gasteiger partial charge in [0, 0.05) is 19.2 Å². The van der Waals surface area contributed by atoms with Gasteiger partial charge in [-0.2, -0.15) is 0 Å². The van der Waals surface area contributed by atoms with Crippen LogP contribution in [-0.4, -0.2) is 54.5 Å². The number of ether oxygens (including phenoxy) is 2. The highest BCUT2D eigenvalue weighted by molar-refractivity contribution is 6.02. The number of rotatable bonds is 7. The molecule has 8 nitrogen and oxygen atoms in total. The van der Waals surface area contributed by atoms with Crippen molar-refractivity contribution in [2.24, 2.45) is 11.8 Å². The first-order valence-corrected chi connectivity index (χ1v) is 9.42. The predicted octanol–water partition coefficient (Wildman–Crippen LogP) is 1.20. The third kappa shape index (κ3) is 3.06. The van der Waals surface area contributed by atoms with Crippen LogP contribution in [0, 0.1) is 18.8 Å². The summed E-state index contributed by atoms with van der Waals surface area (Å²) in [5.41, 5.74) is -0.753. The van der Waals surface area contributed by atoms with Gasteiger partial charge in [0.25, 0.3) is 0 Å². The fourth-order valence-electron chi connectivity index (χ4n) is 4.19. The maximum absolute atomic E-state index is 13.1. The van der Waals surface area contributed by atoms with Gasteiger partial charge in [-0.25, -0.2) is 0 Å². The molecule has 8 heteroatoms. The van der Waals surface area contributed by atoms with Gasteiger partial charge in [-0.05, 0) is 27.2 Å². The Balaban J connectivity index is 1.44. The van der Waals surface area contributed by atoms with E-state index in [0.717, 1.165) is 6.42 Å². The van der Waals surface area contributed by atoms with Gasteiger partial charge in [-0.15, -0.1) is 0 Å². The van der Waals surface area contributed by atoms with E-state index in [1.54, 1.807) is 17.9 Å². The molecule has 1 spiro atoms. The fourth-order valence-corrected chi connectivity index (χ4v) is 4.19. The van der Waals surface area contributed by atoms with Crippen LogP contribution < -0.4 is 10.2 Å². The van der Waals surface area contributed by atoms with E-state index in [1.807, 2.05) is 26.0 Å². The lowest BCUT2D eigenvalue weighted by Crippen LogP contribution is -2.44. The second-order valence-electron chi connectivity index (χ2n) is 7.68. The second kappa shape index (κ2) is 6.76. The maximum atomic E-state index is 13.1. The van der Waals surface area contributed by atoms with Crippen molar-refractivity contribution in [2.75, 3.05) is 24.6 Å². The normalized spacial score (nSPS) is 31.2. The Bertz CT molecular complexity index is 773. The first-order valence-electron chi connectivity index (χ1n) is 9.42. The zero-order chi connectivity index (χ0) is 19.2. The van der Waals surface area contributed by atoms with Gasteiger partial charge in [0.05, 0.1) is 30.6 Å². The maximum Gasteiger partial charge on any atom is 0.235 e. The summed E-state index contributed by atoms with van der Waals surface area (Å²) in [6.45, 7) is 7.18. The first-order chi connectivity index (χ1) is 12.9. The highest BCUT2D eigenvalue weighted by Crippen LogP contribution is 2.52. The largest absolute Gasteiger partial charge is 0.379 e. The van der Waals surface area contributed by atoms with Crippen LogP contribution in [0.1, 0.15) is 26.0 Å². The summed E-state index contributed by atoms with van der Waals surface area (Å²) in [4.78, 5) is 27.4. The molecule has 4 heterocycles. The van der Waals surface area contributed by atoms with Crippen molar-refractivity contribution in [1.82, 2.24) is 10.5 Å². The molecule has 0 saturated carbocycles. The van der Waals surface area contributed by atoms with Crippen molar-refractivity contribution in [1.29, 1.82) is 0 Å². The molecule has 4 rings (SSSR count). The number of carbonyl (C=O) groups is 2. The SMILES string of the molecule is Cc1cc(N2CC34C=C[C@@H](O3)C(C(=O)NCCCOC(C)C)C4C2=O)no1. The monoisotopic (exact) mass is 375 g/mol. The molecule has 0 aliphatic carbocycles. The molecule has 2 bridgehead atoms. The summed E-state index contributed by atoms with van der Waals surface area (Å²) in [7, 11) is 0. The highest BCUT2D eigenvalue weighted by Gasteiger charge is 2.67. The minimum atomic E-state index is -0.753. The Hall–Kier alpha value is -2.19. The summed E-state index contributed by atoms with van der Waals surface area (Å²) < 4.78 is 16.7. The van der Waals surface area contributed by atoms with E-state index in [9.17, 15) is 9.59 Å². The van der Waals surface area contributed by atoms with E-state index in [4.69, 9.17) is 14.0 Å². The zero-order valence-corrected chi connectivity index (χ0v) is 15.8. The summed E-state index contributed by atoms with van der Waals surface area (Å²) in [5.74, 6) is -0.244. The molecule has 1 aromatic heterocycles. The number of aromatic nitrogens is 1. The van der Waals surface area contributed by atoms with Crippen LogP contribution in [-0.2, 0) is 19.1 Å². The molecule has 0 radical (unpaired) electrons. The van der Waals surface area contributed by atoms with Gasteiger partial charge in [-0.1, -0.05) is 17.3 Å². The first kappa shape index (κ1) is 18.2. The van der Waals surface area contributed by atoms with Gasteiger partial charge in [-0.3, -0.25) is 14.5 Å². The number of anilines is 1. The minimum Gasteiger partial charge on any atom is -0.379 e. The van der Waals surface area contributed by atoms with Gasteiger partial charge in [0.15, 0.2) is 5.82 Å². The Morgan fingerprint density at radius 3 is 3.04 bits per heavy atom. The molecule has 3 aliphatic rings. The molecular formula is C19H25N3O5. The number of aryl methyl sites for hydroxylation is 1. The summed E-state index contributed by atoms with van der Waals surface area (Å²) in [5, 5.41) is 6.88. The van der Waals surface area contributed by atoms with Crippen molar-refractivity contribution in [3.63, 3.8) is 0 Å². The van der Waals surface area contributed by atoms with Crippen molar-refractivity contribution < 1.29 is 23.6 Å². The van der Waals surface area contributed by atoms with Crippen molar-refractivity contribution >= 4 is 17.6 Å². The van der Waals surface area contributed by atoms with E-state index in [1.165, 1.54) is 0 Å². The minimum absolute atomic E-state index is 0.140. The van der Waals surface area contributed by atoms with Gasteiger partial charge >= 0.3 is 0 Å². The number of carbonyl (C=O) groups excluding carboxylic acids is 2. The van der Waals surface area contributed by atoms with Gasteiger partial charge < -0.3 is 19.3 Å². The molecule has 146 valence electrons. The molecule has 1 N–H and O–H groups in total. The van der Waals surface area contributed by atoms with Crippen LogP contribution in [0.5, 0.6) is 0 Å². The van der Waals surface area contributed by atoms with E-state index < -0.39 is 17.4 Å². The molecule has 0 aromatic carbocycles. The smallest absolute Gasteiger partial charge is 0.235 e. The van der Waals surface area contributed by atoms with Gasteiger partial charge in [0.1, 0.15) is 11.4 Å². The Morgan fingerprint density at radius 2 is 2.33 bits per heavy atom. The second-order valence-corrected chi connectivity index (χ2v) is 7.68. The molecule has 2 amide bonds. The summed E-state index contributed by atoms with van der Waals surface area (Å²) in [6, 6.07) is 1.72. The lowest BCUT2D eigenvalue weighted by atomic mass is 9.77. The van der Waals surface area contributed by atoms with Crippen LogP contribution >= 0.6 is 0 Å². The average Bonchev–Trinajstić information content (AvgIpc) is 3.35. The summed E-state index contributed by atoms with van der Waals surface area (Å²) >= 11 is 0. The lowest BCUT2D eigenvalue weighted by molar-refractivity contribution is -0.132. The topological polar surface area (TPSA) is 93.9 Å². The van der Waals surface area contributed by atoms with Crippen molar-refractivity contribution in [3.05, 3.63) is 24.0 Å². The average molecular weight is 375 g/mol. The standard InChI is InChI=1S/C19H25N3O5/c1-11(2)25-8-4-7-20-17(23)15-13-5-6-19(26-13)10-22(18(24)16(15)19)14-9-12(3)27-21-14/h5-6,9,11,13,15-16H,4,7-8,10H2,1-3H3,(H,20,23)/t13-,15?,16?,19?/m1/s1. The van der Waals surface area contributed by atoms with E-state index in [2.05, 4.69) is 10.5 Å². The van der Waals surface area contributed by atoms with Crippen LogP contribution in [0.2, 0.25) is 0 Å². The van der Waals surface area contributed by atoms with Crippen LogP contribution in [0.3, 0.4) is 0 Å². The number of nitrogens with one attached hydrogen (secondary N) is 1. The lowest BCUT2D eigenvalue weighted by Gasteiger charge is -2.23. The molecular weight excluding hydrogens is 350 g/mol. The quantitative estimate of drug-likeness (QED) is 0.569. The number of nitrogens with zero attached hydrogens (tertiary/aromatic N) is 2. The molecule has 3 aliphatic heterocycles. The number of amides is 2. The molecule has 3 unspecified atom stereocenters. The number of hydrogen-bond acceptors (Lipinski definition) is 6. The van der Waals surface area contributed by atoms with E-state index in [0.29, 0.717) is 31.3 Å². The van der Waals surface area contributed by atoms with Crippen molar-refractivity contribution in [2.45, 2.75) is 45.0 Å². The fraction of sp³-hybridized carbons (Fsp3) is 0.632. The van der Waals surface area contributed by atoms with Crippen LogP contribution in [0.4, 0.5) is 5.82 Å². The molecule has 27 heavy (non-hydrogen) atoms. The van der Waals surface area contributed by atoms with Crippen molar-refractivity contribution in [3.8, 4) is 0 Å². The third-order valence-corrected chi connectivity index (χ3v) is 5.37. The Kier molecular flexibility index (Phi) is 4.55. The molecule has 2 fully saturated rings. The highest BCUT2D eigenvalue weighted by atomic mass is 16.5. The number of hydrogen-bond donors (Lipinski definition) is 1. The third-order valence-electron chi connectivity index (χ3n) is 5.37. The Labute approximate surface area is 157 Å². The number of fused-ring (bicyclic) bond motifs is 1. The molecule has 1 aromatic rings.